The van der Waals surface area contributed by atoms with Crippen LogP contribution in [-0.2, 0) is 47.9 Å². The summed E-state index contributed by atoms with van der Waals surface area (Å²) in [5.74, 6) is -1.42. The van der Waals surface area contributed by atoms with E-state index in [9.17, 15) is 48.1 Å². The van der Waals surface area contributed by atoms with Gasteiger partial charge in [-0.2, -0.15) is 0 Å². The van der Waals surface area contributed by atoms with Gasteiger partial charge in [0, 0.05) is 12.0 Å². The zero-order valence-electron chi connectivity index (χ0n) is 46.0. The van der Waals surface area contributed by atoms with Crippen molar-refractivity contribution in [1.29, 1.82) is 0 Å². The molecule has 0 bridgehead atoms. The van der Waals surface area contributed by atoms with Gasteiger partial charge in [0.05, 0.1) is 13.2 Å². The Hall–Kier alpha value is -1.03. The van der Waals surface area contributed by atoms with Crippen LogP contribution >= 0.6 is 0 Å². The number of aliphatic hydroxyl groups is 5. The van der Waals surface area contributed by atoms with E-state index in [-0.39, 0.29) is 47.5 Å². The Morgan fingerprint density at radius 3 is 1.40 bits per heavy atom. The molecule has 16 nitrogen and oxygen atoms in total. The van der Waals surface area contributed by atoms with Crippen molar-refractivity contribution >= 4 is 22.3 Å². The van der Waals surface area contributed by atoms with Gasteiger partial charge < -0.3 is 53.8 Å². The van der Waals surface area contributed by atoms with Gasteiger partial charge in [0.15, 0.2) is 24.6 Å². The normalized spacial score (nSPS) is 25.3. The Bertz CT molecular complexity index is 1600. The Morgan fingerprint density at radius 1 is 0.575 bits per heavy atom. The smallest absolute Gasteiger partial charge is 0.726 e. The minimum absolute atomic E-state index is 0. The fourth-order valence-electron chi connectivity index (χ4n) is 9.66. The molecule has 18 heteroatoms. The first-order valence-electron chi connectivity index (χ1n) is 28.2. The minimum atomic E-state index is -5.56. The molecular formula is C55H99NaO16S. The summed E-state index contributed by atoms with van der Waals surface area (Å²) in [4.78, 5) is 27.3. The summed E-state index contributed by atoms with van der Waals surface area (Å²) >= 11 is 0. The minimum Gasteiger partial charge on any atom is -0.726 e. The molecule has 0 saturated carbocycles. The maximum absolute atomic E-state index is 13.8. The summed E-state index contributed by atoms with van der Waals surface area (Å²) in [7, 11) is -5.56. The number of esters is 2. The molecule has 422 valence electrons. The molecule has 73 heavy (non-hydrogen) atoms. The number of hydrogen-bond acceptors (Lipinski definition) is 16. The third kappa shape index (κ3) is 30.6. The van der Waals surface area contributed by atoms with E-state index in [1.54, 1.807) is 6.08 Å². The topological polar surface area (TPSA) is 248 Å². The molecule has 0 unspecified atom stereocenters. The first-order valence-corrected chi connectivity index (χ1v) is 29.5. The van der Waals surface area contributed by atoms with Gasteiger partial charge in [-0.15, -0.1) is 0 Å². The van der Waals surface area contributed by atoms with Crippen molar-refractivity contribution in [3.05, 3.63) is 23.3 Å². The molecule has 2 fully saturated rings. The van der Waals surface area contributed by atoms with Gasteiger partial charge in [0.1, 0.15) is 30.5 Å². The summed E-state index contributed by atoms with van der Waals surface area (Å²) in [5.41, 5.74) is 0.962. The van der Waals surface area contributed by atoms with Crippen molar-refractivity contribution in [1.82, 2.24) is 0 Å². The van der Waals surface area contributed by atoms with Crippen LogP contribution in [0.15, 0.2) is 23.3 Å². The van der Waals surface area contributed by atoms with Gasteiger partial charge in [0.2, 0.25) is 16.7 Å². The third-order valence-corrected chi connectivity index (χ3v) is 14.4. The molecule has 0 aromatic carbocycles. The summed E-state index contributed by atoms with van der Waals surface area (Å²) in [6, 6.07) is 0. The number of carbonyl (C=O) groups excluding carboxylic acids is 2. The maximum Gasteiger partial charge on any atom is 1.00 e. The fraction of sp³-hybridized carbons (Fsp3) is 0.891. The number of ether oxygens (including phenoxy) is 5. The van der Waals surface area contributed by atoms with Gasteiger partial charge in [-0.3, -0.25) is 8.98 Å². The van der Waals surface area contributed by atoms with Gasteiger partial charge in [-0.1, -0.05) is 212 Å². The number of carbonyl (C=O) groups is 2. The van der Waals surface area contributed by atoms with E-state index in [0.29, 0.717) is 6.42 Å². The van der Waals surface area contributed by atoms with Crippen molar-refractivity contribution in [2.75, 3.05) is 13.2 Å². The maximum atomic E-state index is 13.8. The van der Waals surface area contributed by atoms with Crippen LogP contribution < -0.4 is 29.6 Å². The zero-order chi connectivity index (χ0) is 53.2. The molecule has 0 amide bonds. The predicted octanol–water partition coefficient (Wildman–Crippen LogP) is 6.85. The van der Waals surface area contributed by atoms with E-state index in [0.717, 1.165) is 56.9 Å². The Balaban J connectivity index is 0.0000266. The summed E-state index contributed by atoms with van der Waals surface area (Å²) in [5, 5.41) is 52.8. The van der Waals surface area contributed by atoms with Gasteiger partial charge in [-0.05, 0) is 38.7 Å². The van der Waals surface area contributed by atoms with Gasteiger partial charge in [0.25, 0.3) is 0 Å². The second kappa shape index (κ2) is 42.0. The van der Waals surface area contributed by atoms with Crippen molar-refractivity contribution in [3.8, 4) is 0 Å². The van der Waals surface area contributed by atoms with Gasteiger partial charge >= 0.3 is 41.5 Å². The molecule has 0 aliphatic carbocycles. The average Bonchev–Trinajstić information content (AvgIpc) is 3.33. The van der Waals surface area contributed by atoms with Crippen molar-refractivity contribution < 1.29 is 106 Å². The summed E-state index contributed by atoms with van der Waals surface area (Å²) in [6.45, 7) is 8.24. The Morgan fingerprint density at radius 2 is 0.973 bits per heavy atom. The number of unbranched alkanes of at least 4 members (excludes halogenated alkanes) is 27. The molecule has 2 rings (SSSR count). The molecule has 0 aromatic heterocycles. The van der Waals surface area contributed by atoms with Crippen molar-refractivity contribution in [3.63, 3.8) is 0 Å². The molecule has 11 atom stereocenters. The quantitative estimate of drug-likeness (QED) is 0.00797. The fourth-order valence-corrected chi connectivity index (χ4v) is 10.1. The van der Waals surface area contributed by atoms with Crippen LogP contribution in [0, 0.1) is 5.92 Å². The SMILES string of the molecule is CCCCCCCCCCCCCCCCCC[C@H](C)/C=C(C)/C=C(\C)C(=O)O[C@H]1[C@H](O)[C@@H](CO)O[C@H](O[C@H]2O[C@H](CO)[C@@H](O)[C@H](O)[C@H]2OS(=O)(=O)[O-])[C@@H]1OC(=O)CCCCCCCCCCCCCCC.[Na+]. The van der Waals surface area contributed by atoms with Crippen LogP contribution in [0.4, 0.5) is 0 Å². The zero-order valence-corrected chi connectivity index (χ0v) is 48.8. The van der Waals surface area contributed by atoms with E-state index < -0.39 is 97.0 Å². The second-order valence-electron chi connectivity index (χ2n) is 20.7. The standard InChI is InChI=1S/C55H100O16S.Na/c1-6-8-10-12-14-16-18-20-21-22-24-25-27-29-31-33-35-41(3)37-42(4)38-43(5)53(62)69-50-48(60)45(40-57)67-55(70-54-51(71-72(63,64)65)49(61)47(59)44(39-56)66-54)52(50)68-46(58)36-34-32-30-28-26-23-19-17-15-13-11-9-7-2;/h37-38,41,44-45,47-52,54-57,59-61H,6-36,39-40H2,1-5H3,(H,63,64,65);/q;+1/p-1/b42-37+,43-38+;/t41-,44+,45+,47+,48+,49-,50-,51+,52+,54+,55+;/m0./s1. The van der Waals surface area contributed by atoms with Crippen LogP contribution in [0.25, 0.3) is 0 Å². The van der Waals surface area contributed by atoms with Crippen molar-refractivity contribution in [2.24, 2.45) is 5.92 Å². The van der Waals surface area contributed by atoms with Crippen LogP contribution in [0.1, 0.15) is 234 Å². The summed E-state index contributed by atoms with van der Waals surface area (Å²) in [6.07, 6.45) is 21.0. The molecule has 0 radical (unpaired) electrons. The Labute approximate surface area is 462 Å². The van der Waals surface area contributed by atoms with Crippen LogP contribution in [0.2, 0.25) is 0 Å². The Kier molecular flexibility index (Phi) is 40.3. The monoisotopic (exact) mass is 1070 g/mol. The molecule has 0 spiro atoms. The largest absolute Gasteiger partial charge is 1.00 e. The molecule has 0 aromatic rings. The van der Waals surface area contributed by atoms with Crippen LogP contribution in [-0.4, -0.2) is 125 Å². The molecule has 2 saturated heterocycles. The molecule has 2 aliphatic rings. The molecule has 5 N–H and O–H groups in total. The van der Waals surface area contributed by atoms with Gasteiger partial charge in [-0.25, -0.2) is 13.2 Å². The number of hydrogen-bond donors (Lipinski definition) is 5. The van der Waals surface area contributed by atoms with E-state index >= 15 is 0 Å². The average molecular weight is 1070 g/mol. The predicted molar refractivity (Wildman–Crippen MR) is 276 cm³/mol. The molecule has 2 heterocycles. The number of allylic oxidation sites excluding steroid dienone is 3. The number of aliphatic hydroxyl groups excluding tert-OH is 5. The van der Waals surface area contributed by atoms with E-state index in [2.05, 4.69) is 31.0 Å². The first kappa shape index (κ1) is 70.0. The van der Waals surface area contributed by atoms with Crippen LogP contribution in [0.5, 0.6) is 0 Å². The van der Waals surface area contributed by atoms with E-state index in [1.807, 2.05) is 6.92 Å². The van der Waals surface area contributed by atoms with Crippen LogP contribution in [0.3, 0.4) is 0 Å². The molecular weight excluding hydrogens is 972 g/mol. The van der Waals surface area contributed by atoms with E-state index in [1.165, 1.54) is 142 Å². The summed E-state index contributed by atoms with van der Waals surface area (Å²) < 4.78 is 68.5. The van der Waals surface area contributed by atoms with Crippen molar-refractivity contribution in [2.45, 2.75) is 295 Å². The number of rotatable bonds is 42. The second-order valence-corrected chi connectivity index (χ2v) is 21.7. The molecule has 2 aliphatic heterocycles. The first-order chi connectivity index (χ1) is 34.6. The van der Waals surface area contributed by atoms with E-state index in [4.69, 9.17) is 23.7 Å². The third-order valence-electron chi connectivity index (χ3n) is 13.9.